The normalized spacial score (nSPS) is 12.4. The fraction of sp³-hybridized carbons (Fsp3) is 0.364. The van der Waals surface area contributed by atoms with E-state index in [1.54, 1.807) is 23.2 Å². The van der Waals surface area contributed by atoms with Gasteiger partial charge < -0.3 is 11.1 Å². The number of amides is 1. The first-order valence-electron chi connectivity index (χ1n) is 5.50. The van der Waals surface area contributed by atoms with Crippen LogP contribution in [-0.4, -0.2) is 20.7 Å². The van der Waals surface area contributed by atoms with Gasteiger partial charge in [0.05, 0.1) is 11.7 Å². The highest BCUT2D eigenvalue weighted by Crippen LogP contribution is 2.17. The summed E-state index contributed by atoms with van der Waals surface area (Å²) in [5.74, 6) is 0.397. The number of carbonyl (C=O) groups is 1. The molecule has 18 heavy (non-hydrogen) atoms. The molecule has 0 saturated heterocycles. The average molecular weight is 265 g/mol. The van der Waals surface area contributed by atoms with Crippen LogP contribution < -0.4 is 11.1 Å². The van der Waals surface area contributed by atoms with Crippen molar-refractivity contribution in [3.8, 4) is 0 Å². The molecule has 0 bridgehead atoms. The van der Waals surface area contributed by atoms with E-state index in [-0.39, 0.29) is 11.9 Å². The minimum atomic E-state index is -0.249. The number of hydrogen-bond acceptors (Lipinski definition) is 5. The van der Waals surface area contributed by atoms with Crippen molar-refractivity contribution >= 4 is 23.1 Å². The molecule has 0 spiro atoms. The maximum absolute atomic E-state index is 12.0. The number of hydrogen-bond donors (Lipinski definition) is 2. The number of nitrogens with zero attached hydrogens (tertiary/aromatic N) is 3. The molecule has 1 amide bonds. The molecule has 6 nitrogen and oxygen atoms in total. The molecule has 1 unspecified atom stereocenters. The molecule has 0 saturated carbocycles. The van der Waals surface area contributed by atoms with Gasteiger partial charge in [0.15, 0.2) is 0 Å². The highest BCUT2D eigenvalue weighted by molar-refractivity contribution is 7.09. The summed E-state index contributed by atoms with van der Waals surface area (Å²) in [6.07, 6.45) is 0. The molecule has 7 heteroatoms. The SMILES string of the molecule is Cc1cc(NC(=O)c2csc(C(C)N)n2)n(C)n1. The van der Waals surface area contributed by atoms with Gasteiger partial charge in [0.2, 0.25) is 0 Å². The molecule has 2 aromatic rings. The number of thiazole rings is 1. The van der Waals surface area contributed by atoms with Gasteiger partial charge >= 0.3 is 0 Å². The molecule has 1 atom stereocenters. The fourth-order valence-corrected chi connectivity index (χ4v) is 2.27. The summed E-state index contributed by atoms with van der Waals surface area (Å²) in [5, 5.41) is 9.38. The third-order valence-electron chi connectivity index (χ3n) is 2.39. The first-order chi connectivity index (χ1) is 8.47. The van der Waals surface area contributed by atoms with Gasteiger partial charge in [-0.25, -0.2) is 4.98 Å². The summed E-state index contributed by atoms with van der Waals surface area (Å²) in [7, 11) is 1.77. The standard InChI is InChI=1S/C11H15N5OS/c1-6-4-9(16(3)15-6)14-10(17)8-5-18-11(13-8)7(2)12/h4-5,7H,12H2,1-3H3,(H,14,17). The van der Waals surface area contributed by atoms with Crippen molar-refractivity contribution in [3.63, 3.8) is 0 Å². The monoisotopic (exact) mass is 265 g/mol. The zero-order valence-electron chi connectivity index (χ0n) is 10.5. The van der Waals surface area contributed by atoms with Crippen LogP contribution in [0, 0.1) is 6.92 Å². The zero-order chi connectivity index (χ0) is 13.3. The summed E-state index contributed by atoms with van der Waals surface area (Å²) in [6, 6.07) is 1.65. The molecular weight excluding hydrogens is 250 g/mol. The van der Waals surface area contributed by atoms with E-state index in [4.69, 9.17) is 5.73 Å². The molecule has 0 aliphatic heterocycles. The highest BCUT2D eigenvalue weighted by atomic mass is 32.1. The van der Waals surface area contributed by atoms with Gasteiger partial charge in [-0.15, -0.1) is 11.3 Å². The van der Waals surface area contributed by atoms with Crippen molar-refractivity contribution in [3.05, 3.63) is 27.8 Å². The minimum Gasteiger partial charge on any atom is -0.322 e. The smallest absolute Gasteiger partial charge is 0.276 e. The van der Waals surface area contributed by atoms with Crippen molar-refractivity contribution in [1.29, 1.82) is 0 Å². The maximum atomic E-state index is 12.0. The lowest BCUT2D eigenvalue weighted by atomic mass is 10.4. The summed E-state index contributed by atoms with van der Waals surface area (Å²) in [6.45, 7) is 3.71. The Labute approximate surface area is 109 Å². The Kier molecular flexibility index (Phi) is 3.44. The first kappa shape index (κ1) is 12.7. The fourth-order valence-electron chi connectivity index (χ4n) is 1.51. The van der Waals surface area contributed by atoms with Crippen molar-refractivity contribution in [2.75, 3.05) is 5.32 Å². The lowest BCUT2D eigenvalue weighted by Crippen LogP contribution is -2.15. The molecule has 96 valence electrons. The number of nitrogens with one attached hydrogen (secondary N) is 1. The van der Waals surface area contributed by atoms with Gasteiger partial charge in [0.1, 0.15) is 16.5 Å². The van der Waals surface area contributed by atoms with Gasteiger partial charge in [-0.1, -0.05) is 0 Å². The largest absolute Gasteiger partial charge is 0.322 e. The Morgan fingerprint density at radius 2 is 2.33 bits per heavy atom. The van der Waals surface area contributed by atoms with Gasteiger partial charge in [0.25, 0.3) is 5.91 Å². The highest BCUT2D eigenvalue weighted by Gasteiger charge is 2.14. The lowest BCUT2D eigenvalue weighted by molar-refractivity contribution is 0.102. The average Bonchev–Trinajstić information content (AvgIpc) is 2.86. The van der Waals surface area contributed by atoms with Crippen molar-refractivity contribution in [1.82, 2.24) is 14.8 Å². The van der Waals surface area contributed by atoms with Crippen LogP contribution in [0.3, 0.4) is 0 Å². The van der Waals surface area contributed by atoms with Crippen LogP contribution in [0.4, 0.5) is 5.82 Å². The summed E-state index contributed by atoms with van der Waals surface area (Å²) in [4.78, 5) is 16.2. The quantitative estimate of drug-likeness (QED) is 0.879. The number of aryl methyl sites for hydroxylation is 2. The van der Waals surface area contributed by atoms with E-state index in [9.17, 15) is 4.79 Å². The Morgan fingerprint density at radius 1 is 1.61 bits per heavy atom. The van der Waals surface area contributed by atoms with Crippen LogP contribution in [0.1, 0.15) is 34.2 Å². The second-order valence-electron chi connectivity index (χ2n) is 4.11. The summed E-state index contributed by atoms with van der Waals surface area (Å²) < 4.78 is 1.62. The van der Waals surface area contributed by atoms with Crippen LogP contribution in [-0.2, 0) is 7.05 Å². The Bertz CT molecular complexity index is 572. The van der Waals surface area contributed by atoms with E-state index in [0.29, 0.717) is 11.5 Å². The number of nitrogens with two attached hydrogens (primary N) is 1. The molecule has 0 radical (unpaired) electrons. The van der Waals surface area contributed by atoms with E-state index in [2.05, 4.69) is 15.4 Å². The second-order valence-corrected chi connectivity index (χ2v) is 5.00. The van der Waals surface area contributed by atoms with Crippen molar-refractivity contribution in [2.24, 2.45) is 12.8 Å². The summed E-state index contributed by atoms with van der Waals surface area (Å²) in [5.41, 5.74) is 6.94. The van der Waals surface area contributed by atoms with Gasteiger partial charge in [-0.3, -0.25) is 9.48 Å². The van der Waals surface area contributed by atoms with E-state index >= 15 is 0 Å². The number of aromatic nitrogens is 3. The molecule has 2 rings (SSSR count). The van der Waals surface area contributed by atoms with Crippen LogP contribution in [0.25, 0.3) is 0 Å². The van der Waals surface area contributed by atoms with E-state index in [1.165, 1.54) is 11.3 Å². The lowest BCUT2D eigenvalue weighted by Gasteiger charge is -2.02. The number of anilines is 1. The van der Waals surface area contributed by atoms with Gasteiger partial charge in [0, 0.05) is 18.5 Å². The molecule has 0 fully saturated rings. The molecule has 0 aromatic carbocycles. The van der Waals surface area contributed by atoms with E-state index in [1.807, 2.05) is 13.8 Å². The molecule has 3 N–H and O–H groups in total. The molecule has 2 heterocycles. The molecular formula is C11H15N5OS. The molecule has 0 aliphatic carbocycles. The first-order valence-corrected chi connectivity index (χ1v) is 6.38. The maximum Gasteiger partial charge on any atom is 0.276 e. The van der Waals surface area contributed by atoms with Gasteiger partial charge in [-0.2, -0.15) is 5.10 Å². The predicted molar refractivity (Wildman–Crippen MR) is 70.6 cm³/mol. The van der Waals surface area contributed by atoms with Crippen molar-refractivity contribution < 1.29 is 4.79 Å². The molecule has 2 aromatic heterocycles. The Morgan fingerprint density at radius 3 is 2.83 bits per heavy atom. The van der Waals surface area contributed by atoms with Crippen molar-refractivity contribution in [2.45, 2.75) is 19.9 Å². The third kappa shape index (κ3) is 2.57. The topological polar surface area (TPSA) is 85.8 Å². The number of rotatable bonds is 3. The van der Waals surface area contributed by atoms with Crippen LogP contribution in [0.5, 0.6) is 0 Å². The minimum absolute atomic E-state index is 0.157. The Balaban J connectivity index is 2.14. The van der Waals surface area contributed by atoms with E-state index < -0.39 is 0 Å². The van der Waals surface area contributed by atoms with Gasteiger partial charge in [-0.05, 0) is 13.8 Å². The third-order valence-corrected chi connectivity index (χ3v) is 3.43. The number of carbonyl (C=O) groups excluding carboxylic acids is 1. The van der Waals surface area contributed by atoms with Crippen LogP contribution >= 0.6 is 11.3 Å². The predicted octanol–water partition coefficient (Wildman–Crippen LogP) is 1.46. The summed E-state index contributed by atoms with van der Waals surface area (Å²) >= 11 is 1.39. The second kappa shape index (κ2) is 4.87. The van der Waals surface area contributed by atoms with Crippen LogP contribution in [0.2, 0.25) is 0 Å². The Hall–Kier alpha value is -1.73. The zero-order valence-corrected chi connectivity index (χ0v) is 11.3. The van der Waals surface area contributed by atoms with Crippen LogP contribution in [0.15, 0.2) is 11.4 Å². The van der Waals surface area contributed by atoms with E-state index in [0.717, 1.165) is 10.7 Å². The molecule has 0 aliphatic rings.